The summed E-state index contributed by atoms with van der Waals surface area (Å²) in [5.41, 5.74) is 2.08. The van der Waals surface area contributed by atoms with E-state index in [1.54, 1.807) is 41.3 Å². The Balaban J connectivity index is 1.46. The van der Waals surface area contributed by atoms with E-state index in [2.05, 4.69) is 24.5 Å². The first-order valence-electron chi connectivity index (χ1n) is 13.9. The molecule has 8 nitrogen and oxygen atoms in total. The Kier molecular flexibility index (Phi) is 8.52. The first-order chi connectivity index (χ1) is 19.7. The molecule has 6 bridgehead atoms. The van der Waals surface area contributed by atoms with Gasteiger partial charge in [-0.15, -0.1) is 0 Å². The van der Waals surface area contributed by atoms with E-state index in [9.17, 15) is 18.8 Å². The quantitative estimate of drug-likeness (QED) is 0.498. The van der Waals surface area contributed by atoms with Crippen LogP contribution in [0.4, 0.5) is 4.39 Å². The fourth-order valence-corrected chi connectivity index (χ4v) is 4.96. The van der Waals surface area contributed by atoms with Gasteiger partial charge in [0, 0.05) is 19.5 Å². The predicted molar refractivity (Wildman–Crippen MR) is 152 cm³/mol. The SMILES string of the molecule is CC(C)CCC(=O)N1C[C@@H]2NC(=O)c3cc(ccc3F)-c3cccc(c3)OCC(=O)NCc3ccc(cc3)O[C@H]2C1. The van der Waals surface area contributed by atoms with E-state index in [1.165, 1.54) is 12.1 Å². The summed E-state index contributed by atoms with van der Waals surface area (Å²) in [4.78, 5) is 40.5. The smallest absolute Gasteiger partial charge is 0.258 e. The minimum absolute atomic E-state index is 0.00376. The minimum atomic E-state index is -0.659. The van der Waals surface area contributed by atoms with Crippen molar-refractivity contribution < 1.29 is 28.2 Å². The van der Waals surface area contributed by atoms with Crippen molar-refractivity contribution in [3.63, 3.8) is 0 Å². The first kappa shape index (κ1) is 28.1. The number of amides is 3. The number of nitrogens with one attached hydrogen (secondary N) is 2. The van der Waals surface area contributed by atoms with Crippen LogP contribution in [-0.2, 0) is 16.1 Å². The average molecular weight is 560 g/mol. The van der Waals surface area contributed by atoms with Crippen molar-refractivity contribution in [1.82, 2.24) is 15.5 Å². The molecule has 1 saturated heterocycles. The zero-order valence-electron chi connectivity index (χ0n) is 23.2. The van der Waals surface area contributed by atoms with Crippen LogP contribution in [0.5, 0.6) is 11.5 Å². The van der Waals surface area contributed by atoms with Gasteiger partial charge in [0.15, 0.2) is 6.61 Å². The maximum Gasteiger partial charge on any atom is 0.258 e. The molecule has 0 aliphatic carbocycles. The number of hydrogen-bond donors (Lipinski definition) is 2. The van der Waals surface area contributed by atoms with Crippen LogP contribution in [0.1, 0.15) is 42.6 Å². The lowest BCUT2D eigenvalue weighted by Gasteiger charge is -2.21. The van der Waals surface area contributed by atoms with Gasteiger partial charge in [-0.3, -0.25) is 14.4 Å². The van der Waals surface area contributed by atoms with Crippen molar-refractivity contribution in [3.05, 3.63) is 83.7 Å². The Hall–Kier alpha value is -4.40. The summed E-state index contributed by atoms with van der Waals surface area (Å²) in [6.45, 7) is 4.85. The lowest BCUT2D eigenvalue weighted by atomic mass is 10.0. The Morgan fingerprint density at radius 1 is 1.00 bits per heavy atom. The van der Waals surface area contributed by atoms with Crippen molar-refractivity contribution in [1.29, 1.82) is 0 Å². The van der Waals surface area contributed by atoms with Crippen LogP contribution in [-0.4, -0.2) is 54.5 Å². The number of halogens is 1. The Labute approximate surface area is 238 Å². The van der Waals surface area contributed by atoms with Gasteiger partial charge in [-0.05, 0) is 65.4 Å². The van der Waals surface area contributed by atoms with Crippen LogP contribution in [0.3, 0.4) is 0 Å². The van der Waals surface area contributed by atoms with E-state index >= 15 is 0 Å². The van der Waals surface area contributed by atoms with E-state index < -0.39 is 23.9 Å². The first-order valence-corrected chi connectivity index (χ1v) is 13.9. The highest BCUT2D eigenvalue weighted by Crippen LogP contribution is 2.27. The highest BCUT2D eigenvalue weighted by Gasteiger charge is 2.38. The minimum Gasteiger partial charge on any atom is -0.486 e. The van der Waals surface area contributed by atoms with Crippen LogP contribution in [0.25, 0.3) is 11.1 Å². The lowest BCUT2D eigenvalue weighted by Crippen LogP contribution is -2.45. The van der Waals surface area contributed by atoms with Crippen LogP contribution < -0.4 is 20.1 Å². The molecule has 9 heteroatoms. The van der Waals surface area contributed by atoms with Gasteiger partial charge < -0.3 is 25.0 Å². The average Bonchev–Trinajstić information content (AvgIpc) is 3.36. The summed E-state index contributed by atoms with van der Waals surface area (Å²) in [5, 5.41) is 5.78. The van der Waals surface area contributed by atoms with Crippen LogP contribution in [0.2, 0.25) is 0 Å². The maximum atomic E-state index is 14.9. The summed E-state index contributed by atoms with van der Waals surface area (Å²) in [5.74, 6) is -0.107. The summed E-state index contributed by atoms with van der Waals surface area (Å²) in [6.07, 6.45) is 0.642. The number of hydrogen-bond acceptors (Lipinski definition) is 5. The molecule has 2 atom stereocenters. The van der Waals surface area contributed by atoms with Gasteiger partial charge in [-0.25, -0.2) is 4.39 Å². The highest BCUT2D eigenvalue weighted by atomic mass is 19.1. The third kappa shape index (κ3) is 7.03. The molecule has 0 radical (unpaired) electrons. The number of likely N-dealkylation sites (tertiary alicyclic amines) is 1. The fourth-order valence-electron chi connectivity index (χ4n) is 4.96. The number of nitrogens with zero attached hydrogens (tertiary/aromatic N) is 1. The van der Waals surface area contributed by atoms with Gasteiger partial charge >= 0.3 is 0 Å². The van der Waals surface area contributed by atoms with Crippen LogP contribution in [0, 0.1) is 11.7 Å². The third-order valence-corrected chi connectivity index (χ3v) is 7.32. The predicted octanol–water partition coefficient (Wildman–Crippen LogP) is 4.33. The van der Waals surface area contributed by atoms with E-state index in [0.29, 0.717) is 48.1 Å². The summed E-state index contributed by atoms with van der Waals surface area (Å²) < 4.78 is 26.9. The third-order valence-electron chi connectivity index (χ3n) is 7.32. The van der Waals surface area contributed by atoms with Gasteiger partial charge in [0.25, 0.3) is 11.8 Å². The summed E-state index contributed by atoms with van der Waals surface area (Å²) in [6, 6.07) is 18.1. The molecule has 3 aliphatic rings. The Morgan fingerprint density at radius 3 is 2.56 bits per heavy atom. The number of carbonyl (C=O) groups excluding carboxylic acids is 3. The molecule has 1 fully saturated rings. The van der Waals surface area contributed by atoms with E-state index in [4.69, 9.17) is 9.47 Å². The van der Waals surface area contributed by atoms with Crippen molar-refractivity contribution >= 4 is 17.7 Å². The second kappa shape index (κ2) is 12.4. The number of fused-ring (bicyclic) bond motifs is 7. The number of carbonyl (C=O) groups is 3. The monoisotopic (exact) mass is 559 g/mol. The standard InChI is InChI=1S/C32H34FN3O5/c1-20(2)6-13-31(38)36-17-28-29(18-36)41-24-10-7-21(8-11-24)16-34-30(37)19-40-25-5-3-4-22(14-25)23-9-12-27(33)26(15-23)32(39)35-28/h3-5,7-12,14-15,20,28-29H,6,13,16-19H2,1-2H3,(H,34,37)(H,35,39)/t28-,29-/m0/s1. The van der Waals surface area contributed by atoms with Crippen molar-refractivity contribution in [3.8, 4) is 22.6 Å². The number of ether oxygens (including phenoxy) is 2. The van der Waals surface area contributed by atoms with Crippen LogP contribution >= 0.6 is 0 Å². The van der Waals surface area contributed by atoms with Gasteiger partial charge in [-0.2, -0.15) is 0 Å². The molecule has 41 heavy (non-hydrogen) atoms. The van der Waals surface area contributed by atoms with Gasteiger partial charge in [0.1, 0.15) is 23.4 Å². The molecular formula is C32H34FN3O5. The number of benzene rings is 3. The molecule has 214 valence electrons. The molecule has 3 aliphatic heterocycles. The molecule has 3 aromatic rings. The highest BCUT2D eigenvalue weighted by molar-refractivity contribution is 5.96. The second-order valence-electron chi connectivity index (χ2n) is 10.9. The molecule has 3 heterocycles. The van der Waals surface area contributed by atoms with E-state index in [0.717, 1.165) is 12.0 Å². The molecule has 0 spiro atoms. The lowest BCUT2D eigenvalue weighted by molar-refractivity contribution is -0.130. The number of rotatable bonds is 3. The van der Waals surface area contributed by atoms with Crippen molar-refractivity contribution in [2.75, 3.05) is 19.7 Å². The van der Waals surface area contributed by atoms with Gasteiger partial charge in [0.05, 0.1) is 18.2 Å². The largest absolute Gasteiger partial charge is 0.486 e. The second-order valence-corrected chi connectivity index (χ2v) is 10.9. The summed E-state index contributed by atoms with van der Waals surface area (Å²) in [7, 11) is 0. The zero-order chi connectivity index (χ0) is 28.9. The topological polar surface area (TPSA) is 97.0 Å². The van der Waals surface area contributed by atoms with E-state index in [1.807, 2.05) is 18.2 Å². The molecule has 3 amide bonds. The van der Waals surface area contributed by atoms with Crippen molar-refractivity contribution in [2.45, 2.75) is 45.4 Å². The fraction of sp³-hybridized carbons (Fsp3) is 0.344. The maximum absolute atomic E-state index is 14.9. The van der Waals surface area contributed by atoms with Crippen LogP contribution in [0.15, 0.2) is 66.7 Å². The molecular weight excluding hydrogens is 525 g/mol. The molecule has 2 N–H and O–H groups in total. The normalized spacial score (nSPS) is 19.1. The van der Waals surface area contributed by atoms with Crippen molar-refractivity contribution in [2.24, 2.45) is 5.92 Å². The van der Waals surface area contributed by atoms with Gasteiger partial charge in [0.2, 0.25) is 5.91 Å². The zero-order valence-corrected chi connectivity index (χ0v) is 23.2. The molecule has 0 unspecified atom stereocenters. The Bertz CT molecular complexity index is 1430. The molecule has 6 rings (SSSR count). The molecule has 0 aromatic heterocycles. The summed E-state index contributed by atoms with van der Waals surface area (Å²) >= 11 is 0. The molecule has 0 saturated carbocycles. The Morgan fingerprint density at radius 2 is 1.78 bits per heavy atom. The van der Waals surface area contributed by atoms with Gasteiger partial charge in [-0.1, -0.05) is 44.2 Å². The molecule has 3 aromatic carbocycles. The van der Waals surface area contributed by atoms with E-state index in [-0.39, 0.29) is 30.5 Å².